The lowest BCUT2D eigenvalue weighted by atomic mass is 9.82. The average Bonchev–Trinajstić information content (AvgIpc) is 2.72. The second-order valence-electron chi connectivity index (χ2n) is 4.77. The van der Waals surface area contributed by atoms with Gasteiger partial charge in [-0.2, -0.15) is 0 Å². The molecule has 92 valence electrons. The summed E-state index contributed by atoms with van der Waals surface area (Å²) in [4.78, 5) is 13.4. The van der Waals surface area contributed by atoms with E-state index in [0.717, 1.165) is 28.1 Å². The first kappa shape index (κ1) is 11.9. The Balaban J connectivity index is 2.00. The van der Waals surface area contributed by atoms with Crippen LogP contribution in [0.15, 0.2) is 29.6 Å². The smallest absolute Gasteiger partial charge is 0.164 e. The first-order valence-electron chi connectivity index (χ1n) is 6.01. The van der Waals surface area contributed by atoms with E-state index in [0.29, 0.717) is 6.42 Å². The first-order chi connectivity index (χ1) is 8.66. The van der Waals surface area contributed by atoms with E-state index in [1.165, 1.54) is 4.88 Å². The molecule has 0 radical (unpaired) electrons. The van der Waals surface area contributed by atoms with E-state index in [4.69, 9.17) is 11.6 Å². The van der Waals surface area contributed by atoms with Gasteiger partial charge in [-0.1, -0.05) is 29.8 Å². The van der Waals surface area contributed by atoms with E-state index in [1.54, 1.807) is 11.3 Å². The molecule has 0 N–H and O–H groups in total. The number of benzene rings is 1. The Kier molecular flexibility index (Phi) is 3.00. The molecule has 0 unspecified atom stereocenters. The average molecular weight is 277 g/mol. The van der Waals surface area contributed by atoms with Crippen LogP contribution in [0.25, 0.3) is 0 Å². The molecule has 1 aliphatic carbocycles. The lowest BCUT2D eigenvalue weighted by molar-refractivity contribution is 0.0965. The van der Waals surface area contributed by atoms with Gasteiger partial charge in [0, 0.05) is 21.9 Å². The fourth-order valence-electron chi connectivity index (χ4n) is 2.67. The van der Waals surface area contributed by atoms with Crippen molar-refractivity contribution in [2.75, 3.05) is 0 Å². The van der Waals surface area contributed by atoms with Crippen molar-refractivity contribution < 1.29 is 4.79 Å². The molecule has 0 amide bonds. The maximum absolute atomic E-state index is 12.2. The van der Waals surface area contributed by atoms with Crippen LogP contribution in [0.3, 0.4) is 0 Å². The van der Waals surface area contributed by atoms with Gasteiger partial charge in [-0.25, -0.2) is 0 Å². The highest BCUT2D eigenvalue weighted by atomic mass is 35.5. The van der Waals surface area contributed by atoms with Crippen LogP contribution in [0.5, 0.6) is 0 Å². The van der Waals surface area contributed by atoms with Crippen molar-refractivity contribution in [3.63, 3.8) is 0 Å². The maximum atomic E-state index is 12.2. The summed E-state index contributed by atoms with van der Waals surface area (Å²) in [6.45, 7) is 2.02. The van der Waals surface area contributed by atoms with Gasteiger partial charge in [0.2, 0.25) is 0 Å². The Hall–Kier alpha value is -1.12. The van der Waals surface area contributed by atoms with E-state index in [1.807, 2.05) is 31.2 Å². The minimum atomic E-state index is 0.233. The fourth-order valence-corrected chi connectivity index (χ4v) is 4.09. The van der Waals surface area contributed by atoms with Crippen LogP contribution in [0.4, 0.5) is 0 Å². The molecule has 1 heterocycles. The number of thiophene rings is 1. The van der Waals surface area contributed by atoms with Crippen LogP contribution in [-0.2, 0) is 6.42 Å². The molecule has 1 atom stereocenters. The van der Waals surface area contributed by atoms with Crippen molar-refractivity contribution in [1.82, 2.24) is 0 Å². The summed E-state index contributed by atoms with van der Waals surface area (Å²) in [6.07, 6.45) is 1.51. The van der Waals surface area contributed by atoms with Crippen LogP contribution in [0.2, 0.25) is 5.02 Å². The molecule has 1 aromatic carbocycles. The summed E-state index contributed by atoms with van der Waals surface area (Å²) in [5.74, 6) is 0.497. The highest BCUT2D eigenvalue weighted by Crippen LogP contribution is 2.39. The van der Waals surface area contributed by atoms with Gasteiger partial charge in [0.1, 0.15) is 0 Å². The second kappa shape index (κ2) is 4.52. The number of hydrogen-bond donors (Lipinski definition) is 0. The van der Waals surface area contributed by atoms with Gasteiger partial charge in [-0.15, -0.1) is 11.3 Å². The number of Topliss-reactive ketones (excluding diaryl/α,β-unsaturated/α-hetero) is 1. The predicted molar refractivity (Wildman–Crippen MR) is 75.9 cm³/mol. The summed E-state index contributed by atoms with van der Waals surface area (Å²) in [6, 6.07) is 7.85. The Labute approximate surface area is 115 Å². The minimum absolute atomic E-state index is 0.233. The van der Waals surface area contributed by atoms with Gasteiger partial charge >= 0.3 is 0 Å². The lowest BCUT2D eigenvalue weighted by Gasteiger charge is -2.22. The highest BCUT2D eigenvalue weighted by Gasteiger charge is 2.29. The van der Waals surface area contributed by atoms with E-state index >= 15 is 0 Å². The Morgan fingerprint density at radius 1 is 1.28 bits per heavy atom. The van der Waals surface area contributed by atoms with Crippen LogP contribution in [-0.4, -0.2) is 5.78 Å². The molecular weight excluding hydrogens is 264 g/mol. The van der Waals surface area contributed by atoms with Gasteiger partial charge in [0.15, 0.2) is 5.78 Å². The first-order valence-corrected chi connectivity index (χ1v) is 7.27. The molecule has 2 aromatic rings. The zero-order valence-corrected chi connectivity index (χ0v) is 11.6. The van der Waals surface area contributed by atoms with Crippen LogP contribution in [0, 0.1) is 6.92 Å². The van der Waals surface area contributed by atoms with Gasteiger partial charge in [-0.3, -0.25) is 4.79 Å². The topological polar surface area (TPSA) is 17.1 Å². The van der Waals surface area contributed by atoms with E-state index in [2.05, 4.69) is 5.38 Å². The molecule has 0 bridgehead atoms. The molecule has 18 heavy (non-hydrogen) atoms. The number of fused-ring (bicyclic) bond motifs is 1. The number of ketones is 1. The van der Waals surface area contributed by atoms with E-state index in [-0.39, 0.29) is 11.7 Å². The molecule has 3 heteroatoms. The van der Waals surface area contributed by atoms with Crippen LogP contribution < -0.4 is 0 Å². The third-order valence-corrected chi connectivity index (χ3v) is 5.01. The van der Waals surface area contributed by atoms with Crippen molar-refractivity contribution in [3.8, 4) is 0 Å². The normalized spacial score (nSPS) is 18.8. The quantitative estimate of drug-likeness (QED) is 0.743. The molecule has 1 aliphatic rings. The van der Waals surface area contributed by atoms with Crippen LogP contribution >= 0.6 is 22.9 Å². The molecule has 0 saturated carbocycles. The third-order valence-electron chi connectivity index (χ3n) is 3.54. The van der Waals surface area contributed by atoms with Gasteiger partial charge in [0.25, 0.3) is 0 Å². The number of carbonyl (C=O) groups is 1. The lowest BCUT2D eigenvalue weighted by Crippen LogP contribution is -2.17. The number of hydrogen-bond acceptors (Lipinski definition) is 2. The molecule has 0 fully saturated rings. The molecular formula is C15H13ClOS. The van der Waals surface area contributed by atoms with Crippen molar-refractivity contribution >= 4 is 28.7 Å². The third kappa shape index (κ3) is 1.90. The summed E-state index contributed by atoms with van der Waals surface area (Å²) < 4.78 is 0. The van der Waals surface area contributed by atoms with E-state index < -0.39 is 0 Å². The zero-order chi connectivity index (χ0) is 12.7. The monoisotopic (exact) mass is 276 g/mol. The molecule has 0 saturated heterocycles. The second-order valence-corrected chi connectivity index (χ2v) is 6.14. The highest BCUT2D eigenvalue weighted by molar-refractivity contribution is 7.10. The number of halogens is 1. The number of rotatable bonds is 1. The molecule has 0 aliphatic heterocycles. The van der Waals surface area contributed by atoms with Gasteiger partial charge in [-0.05, 0) is 41.8 Å². The zero-order valence-electron chi connectivity index (χ0n) is 10.1. The summed E-state index contributed by atoms with van der Waals surface area (Å²) >= 11 is 7.93. The molecule has 0 spiro atoms. The van der Waals surface area contributed by atoms with Crippen LogP contribution in [0.1, 0.15) is 38.7 Å². The molecule has 1 nitrogen and oxygen atoms in total. The Bertz CT molecular complexity index is 615. The minimum Gasteiger partial charge on any atom is -0.294 e. The van der Waals surface area contributed by atoms with Crippen molar-refractivity contribution in [3.05, 3.63) is 56.2 Å². The van der Waals surface area contributed by atoms with Gasteiger partial charge < -0.3 is 0 Å². The maximum Gasteiger partial charge on any atom is 0.164 e. The SMILES string of the molecule is Cc1csc2c1C(=O)C[C@H](c1ccccc1Cl)C2. The predicted octanol–water partition coefficient (Wildman–Crippen LogP) is 4.62. The number of carbonyl (C=O) groups excluding carboxylic acids is 1. The summed E-state index contributed by atoms with van der Waals surface area (Å²) in [5.41, 5.74) is 3.19. The van der Waals surface area contributed by atoms with Crippen molar-refractivity contribution in [2.24, 2.45) is 0 Å². The molecule has 1 aromatic heterocycles. The van der Waals surface area contributed by atoms with Crippen molar-refractivity contribution in [2.45, 2.75) is 25.7 Å². The molecule has 3 rings (SSSR count). The Morgan fingerprint density at radius 3 is 2.83 bits per heavy atom. The summed E-state index contributed by atoms with van der Waals surface area (Å²) in [5, 5.41) is 2.85. The largest absolute Gasteiger partial charge is 0.294 e. The Morgan fingerprint density at radius 2 is 2.06 bits per heavy atom. The standard InChI is InChI=1S/C15H13ClOS/c1-9-8-18-14-7-10(6-13(17)15(9)14)11-4-2-3-5-12(11)16/h2-5,8,10H,6-7H2,1H3/t10-/m0/s1. The van der Waals surface area contributed by atoms with Gasteiger partial charge in [0.05, 0.1) is 0 Å². The fraction of sp³-hybridized carbons (Fsp3) is 0.267. The number of aryl methyl sites for hydroxylation is 1. The summed E-state index contributed by atoms with van der Waals surface area (Å²) in [7, 11) is 0. The van der Waals surface area contributed by atoms with Crippen molar-refractivity contribution in [1.29, 1.82) is 0 Å². The van der Waals surface area contributed by atoms with E-state index in [9.17, 15) is 4.79 Å².